The number of nitrogens with zero attached hydrogens (tertiary/aromatic N) is 3. The average molecular weight is 487 g/mol. The first-order chi connectivity index (χ1) is 15.4. The number of pyridine rings is 1. The molecule has 0 aliphatic carbocycles. The number of ketones is 1. The number of nitriles is 1. The van der Waals surface area contributed by atoms with Crippen LogP contribution in [0.2, 0.25) is 5.02 Å². The van der Waals surface area contributed by atoms with Gasteiger partial charge in [0.2, 0.25) is 17.5 Å². The second-order valence-corrected chi connectivity index (χ2v) is 6.74. The van der Waals surface area contributed by atoms with Crippen LogP contribution in [0.5, 0.6) is 17.4 Å². The Labute approximate surface area is 189 Å². The van der Waals surface area contributed by atoms with Crippen molar-refractivity contribution in [2.75, 3.05) is 7.05 Å². The van der Waals surface area contributed by atoms with E-state index in [2.05, 4.69) is 10.3 Å². The topological polar surface area (TPSA) is 144 Å². The highest BCUT2D eigenvalue weighted by Gasteiger charge is 2.33. The number of nitro groups is 1. The van der Waals surface area contributed by atoms with E-state index in [1.54, 1.807) is 0 Å². The number of Topliss-reactive ketones (excluding diaryl/α,β-unsaturated/α-hetero) is 1. The van der Waals surface area contributed by atoms with Gasteiger partial charge in [-0.05, 0) is 19.1 Å². The monoisotopic (exact) mass is 486 g/mol. The molecule has 2 aromatic rings. The van der Waals surface area contributed by atoms with Gasteiger partial charge < -0.3 is 14.8 Å². The average Bonchev–Trinajstić information content (AvgIpc) is 2.74. The summed E-state index contributed by atoms with van der Waals surface area (Å²) in [6.07, 6.45) is -5.64. The highest BCUT2D eigenvalue weighted by molar-refractivity contribution is 6.31. The maximum Gasteiger partial charge on any atom is 0.417 e. The van der Waals surface area contributed by atoms with Crippen molar-refractivity contribution in [3.05, 3.63) is 51.2 Å². The van der Waals surface area contributed by atoms with Crippen molar-refractivity contribution < 1.29 is 37.2 Å². The van der Waals surface area contributed by atoms with E-state index < -0.39 is 62.7 Å². The number of nitro benzene ring substituents is 1. The lowest BCUT2D eigenvalue weighted by Gasteiger charge is -2.16. The molecule has 0 aliphatic rings. The second-order valence-electron chi connectivity index (χ2n) is 6.34. The quantitative estimate of drug-likeness (QED) is 0.338. The van der Waals surface area contributed by atoms with Crippen molar-refractivity contribution in [3.63, 3.8) is 0 Å². The van der Waals surface area contributed by atoms with Crippen LogP contribution in [0.25, 0.3) is 0 Å². The first kappa shape index (κ1) is 25.3. The van der Waals surface area contributed by atoms with Crippen molar-refractivity contribution in [1.82, 2.24) is 10.3 Å². The Balaban J connectivity index is 2.33. The summed E-state index contributed by atoms with van der Waals surface area (Å²) in [6, 6.07) is 5.16. The Morgan fingerprint density at radius 1 is 1.33 bits per heavy atom. The number of nitrogens with one attached hydrogen (secondary N) is 1. The number of halogens is 4. The zero-order valence-corrected chi connectivity index (χ0v) is 17.6. The molecule has 10 nitrogen and oxygen atoms in total. The number of hydrogen-bond donors (Lipinski definition) is 1. The first-order valence-electron chi connectivity index (χ1n) is 8.89. The van der Waals surface area contributed by atoms with Crippen LogP contribution in [0.4, 0.5) is 18.9 Å². The molecule has 0 fully saturated rings. The fourth-order valence-electron chi connectivity index (χ4n) is 2.45. The molecular formula is C19H14ClF3N4O6. The third kappa shape index (κ3) is 6.07. The molecule has 1 amide bonds. The van der Waals surface area contributed by atoms with Crippen molar-refractivity contribution >= 4 is 29.0 Å². The van der Waals surface area contributed by atoms with Crippen LogP contribution in [-0.2, 0) is 15.8 Å². The zero-order valence-electron chi connectivity index (χ0n) is 16.8. The zero-order chi connectivity index (χ0) is 24.9. The summed E-state index contributed by atoms with van der Waals surface area (Å²) in [4.78, 5) is 38.0. The van der Waals surface area contributed by atoms with E-state index >= 15 is 0 Å². The minimum Gasteiger partial charge on any atom is -0.476 e. The lowest BCUT2D eigenvalue weighted by Crippen LogP contribution is -2.39. The summed E-state index contributed by atoms with van der Waals surface area (Å²) in [6.45, 7) is 1.18. The number of rotatable bonds is 8. The van der Waals surface area contributed by atoms with Crippen LogP contribution in [0, 0.1) is 27.4 Å². The Morgan fingerprint density at radius 2 is 2.00 bits per heavy atom. The number of alkyl halides is 3. The van der Waals surface area contributed by atoms with E-state index in [0.717, 1.165) is 18.2 Å². The standard InChI is InChI=1S/C19H14ClF3N4O6/c1-9(16(28)12(7-24)17(29)25-2)32-15-6-11(3-4-14(15)27(30)31)33-18-13(20)5-10(8-26-18)19(21,22)23/h3-6,8-9,12H,1-2H3,(H,25,29). The third-order valence-corrected chi connectivity index (χ3v) is 4.37. The minimum atomic E-state index is -4.68. The Hall–Kier alpha value is -3.92. The molecule has 0 saturated carbocycles. The van der Waals surface area contributed by atoms with Gasteiger partial charge in [-0.2, -0.15) is 18.4 Å². The summed E-state index contributed by atoms with van der Waals surface area (Å²) in [5, 5.41) is 22.0. The number of benzene rings is 1. The molecule has 33 heavy (non-hydrogen) atoms. The van der Waals surface area contributed by atoms with Crippen LogP contribution in [0.1, 0.15) is 12.5 Å². The predicted octanol–water partition coefficient (Wildman–Crippen LogP) is 3.68. The highest BCUT2D eigenvalue weighted by atomic mass is 35.5. The molecule has 0 spiro atoms. The van der Waals surface area contributed by atoms with Gasteiger partial charge in [0.05, 0.1) is 16.6 Å². The summed E-state index contributed by atoms with van der Waals surface area (Å²) in [7, 11) is 1.22. The van der Waals surface area contributed by atoms with Gasteiger partial charge in [0, 0.05) is 25.4 Å². The minimum absolute atomic E-state index is 0.160. The van der Waals surface area contributed by atoms with Crippen molar-refractivity contribution in [2.45, 2.75) is 19.2 Å². The van der Waals surface area contributed by atoms with E-state index in [1.165, 1.54) is 20.0 Å². The molecule has 0 bridgehead atoms. The maximum atomic E-state index is 12.7. The smallest absolute Gasteiger partial charge is 0.417 e. The van der Waals surface area contributed by atoms with Crippen LogP contribution < -0.4 is 14.8 Å². The lowest BCUT2D eigenvalue weighted by atomic mass is 10.0. The molecule has 0 aliphatic heterocycles. The summed E-state index contributed by atoms with van der Waals surface area (Å²) in [5.41, 5.74) is -1.69. The largest absolute Gasteiger partial charge is 0.476 e. The maximum absolute atomic E-state index is 12.7. The molecule has 174 valence electrons. The fourth-order valence-corrected chi connectivity index (χ4v) is 2.65. The van der Waals surface area contributed by atoms with Gasteiger partial charge in [-0.15, -0.1) is 0 Å². The molecular weight excluding hydrogens is 473 g/mol. The Bertz CT molecular complexity index is 1140. The molecule has 0 radical (unpaired) electrons. The Kier molecular flexibility index (Phi) is 7.78. The molecule has 1 aromatic carbocycles. The number of carbonyl (C=O) groups excluding carboxylic acids is 2. The second kappa shape index (κ2) is 10.1. The van der Waals surface area contributed by atoms with Crippen molar-refractivity contribution in [1.29, 1.82) is 5.26 Å². The van der Waals surface area contributed by atoms with E-state index in [9.17, 15) is 32.9 Å². The van der Waals surface area contributed by atoms with Gasteiger partial charge in [0.1, 0.15) is 10.8 Å². The van der Waals surface area contributed by atoms with E-state index in [1.807, 2.05) is 0 Å². The highest BCUT2D eigenvalue weighted by Crippen LogP contribution is 2.37. The molecule has 1 heterocycles. The SMILES string of the molecule is CNC(=O)C(C#N)C(=O)C(C)Oc1cc(Oc2ncc(C(F)(F)F)cc2Cl)ccc1[N+](=O)[O-]. The fraction of sp³-hybridized carbons (Fsp3) is 0.263. The summed E-state index contributed by atoms with van der Waals surface area (Å²) >= 11 is 5.79. The molecule has 1 aromatic heterocycles. The molecule has 2 unspecified atom stereocenters. The summed E-state index contributed by atoms with van der Waals surface area (Å²) in [5.74, 6) is -4.59. The predicted molar refractivity (Wildman–Crippen MR) is 106 cm³/mol. The van der Waals surface area contributed by atoms with Crippen LogP contribution in [0.3, 0.4) is 0 Å². The summed E-state index contributed by atoms with van der Waals surface area (Å²) < 4.78 is 48.9. The van der Waals surface area contributed by atoms with Gasteiger partial charge in [0.25, 0.3) is 0 Å². The van der Waals surface area contributed by atoms with E-state index in [0.29, 0.717) is 12.3 Å². The normalized spacial score (nSPS) is 12.8. The lowest BCUT2D eigenvalue weighted by molar-refractivity contribution is -0.386. The number of aromatic nitrogens is 1. The van der Waals surface area contributed by atoms with E-state index in [-0.39, 0.29) is 5.75 Å². The third-order valence-electron chi connectivity index (χ3n) is 4.10. The van der Waals surface area contributed by atoms with Gasteiger partial charge in [-0.25, -0.2) is 4.98 Å². The number of amides is 1. The van der Waals surface area contributed by atoms with Gasteiger partial charge >= 0.3 is 11.9 Å². The van der Waals surface area contributed by atoms with Crippen molar-refractivity contribution in [2.24, 2.45) is 5.92 Å². The van der Waals surface area contributed by atoms with Gasteiger partial charge in [-0.1, -0.05) is 11.6 Å². The molecule has 0 saturated heterocycles. The van der Waals surface area contributed by atoms with Crippen LogP contribution in [-0.4, -0.2) is 34.7 Å². The molecule has 14 heteroatoms. The molecule has 2 atom stereocenters. The molecule has 2 rings (SSSR count). The van der Waals surface area contributed by atoms with Gasteiger partial charge in [0.15, 0.2) is 17.8 Å². The van der Waals surface area contributed by atoms with Crippen LogP contribution >= 0.6 is 11.6 Å². The number of ether oxygens (including phenoxy) is 2. The number of carbonyl (C=O) groups is 2. The van der Waals surface area contributed by atoms with E-state index in [4.69, 9.17) is 26.3 Å². The Morgan fingerprint density at radius 3 is 2.52 bits per heavy atom. The van der Waals surface area contributed by atoms with Crippen molar-refractivity contribution in [3.8, 4) is 23.4 Å². The first-order valence-corrected chi connectivity index (χ1v) is 9.27. The molecule has 1 N–H and O–H groups in total. The van der Waals surface area contributed by atoms with Gasteiger partial charge in [-0.3, -0.25) is 19.7 Å². The number of hydrogen-bond acceptors (Lipinski definition) is 8. The van der Waals surface area contributed by atoms with Crippen LogP contribution in [0.15, 0.2) is 30.5 Å².